The highest BCUT2D eigenvalue weighted by molar-refractivity contribution is 7.14. The van der Waals surface area contributed by atoms with Crippen LogP contribution in [0.2, 0.25) is 5.02 Å². The van der Waals surface area contributed by atoms with Gasteiger partial charge in [0, 0.05) is 12.6 Å². The molecular weight excluding hydrogens is 242 g/mol. The van der Waals surface area contributed by atoms with Gasteiger partial charge in [0.1, 0.15) is 12.1 Å². The van der Waals surface area contributed by atoms with Crippen molar-refractivity contribution in [1.29, 1.82) is 0 Å². The van der Waals surface area contributed by atoms with E-state index in [4.69, 9.17) is 11.6 Å². The van der Waals surface area contributed by atoms with E-state index >= 15 is 0 Å². The average Bonchev–Trinajstić information content (AvgIpc) is 2.73. The van der Waals surface area contributed by atoms with E-state index in [1.54, 1.807) is 17.7 Å². The molecule has 0 saturated carbocycles. The van der Waals surface area contributed by atoms with Gasteiger partial charge in [0.15, 0.2) is 0 Å². The molecule has 1 N–H and O–H groups in total. The molecule has 0 fully saturated rings. The average molecular weight is 254 g/mol. The first-order valence-corrected chi connectivity index (χ1v) is 6.36. The summed E-state index contributed by atoms with van der Waals surface area (Å²) in [6, 6.07) is 3.80. The zero-order valence-corrected chi connectivity index (χ0v) is 10.5. The SMILES string of the molecule is CCCNc1cc(-c2sccc2Cl)ncn1. The summed E-state index contributed by atoms with van der Waals surface area (Å²) >= 11 is 7.65. The van der Waals surface area contributed by atoms with E-state index in [1.807, 2.05) is 17.5 Å². The quantitative estimate of drug-likeness (QED) is 0.903. The van der Waals surface area contributed by atoms with E-state index in [1.165, 1.54) is 0 Å². The minimum Gasteiger partial charge on any atom is -0.370 e. The summed E-state index contributed by atoms with van der Waals surface area (Å²) in [5.74, 6) is 0.844. The Morgan fingerprint density at radius 1 is 1.44 bits per heavy atom. The van der Waals surface area contributed by atoms with E-state index in [0.29, 0.717) is 0 Å². The predicted octanol–water partition coefficient (Wildman–Crippen LogP) is 3.68. The second-order valence-corrected chi connectivity index (χ2v) is 4.64. The van der Waals surface area contributed by atoms with Crippen LogP contribution in [0, 0.1) is 0 Å². The lowest BCUT2D eigenvalue weighted by atomic mass is 10.3. The van der Waals surface area contributed by atoms with Crippen LogP contribution in [0.5, 0.6) is 0 Å². The van der Waals surface area contributed by atoms with Gasteiger partial charge in [-0.05, 0) is 17.9 Å². The highest BCUT2D eigenvalue weighted by atomic mass is 35.5. The Hall–Kier alpha value is -1.13. The van der Waals surface area contributed by atoms with Crippen LogP contribution in [0.25, 0.3) is 10.6 Å². The minimum atomic E-state index is 0.741. The van der Waals surface area contributed by atoms with Crippen molar-refractivity contribution >= 4 is 28.8 Å². The van der Waals surface area contributed by atoms with Crippen molar-refractivity contribution in [3.05, 3.63) is 28.9 Å². The molecule has 84 valence electrons. The molecule has 2 heterocycles. The Morgan fingerprint density at radius 3 is 3.00 bits per heavy atom. The zero-order chi connectivity index (χ0) is 11.4. The van der Waals surface area contributed by atoms with Crippen LogP contribution in [0.4, 0.5) is 5.82 Å². The van der Waals surface area contributed by atoms with Crippen molar-refractivity contribution in [2.45, 2.75) is 13.3 Å². The molecule has 0 aliphatic rings. The van der Waals surface area contributed by atoms with Crippen molar-refractivity contribution in [2.75, 3.05) is 11.9 Å². The molecule has 0 unspecified atom stereocenters. The van der Waals surface area contributed by atoms with Gasteiger partial charge in [-0.15, -0.1) is 11.3 Å². The van der Waals surface area contributed by atoms with Crippen LogP contribution in [0.3, 0.4) is 0 Å². The van der Waals surface area contributed by atoms with Crippen LogP contribution in [-0.4, -0.2) is 16.5 Å². The molecule has 16 heavy (non-hydrogen) atoms. The molecule has 0 bridgehead atoms. The van der Waals surface area contributed by atoms with E-state index in [-0.39, 0.29) is 0 Å². The topological polar surface area (TPSA) is 37.8 Å². The predicted molar refractivity (Wildman–Crippen MR) is 69.1 cm³/mol. The van der Waals surface area contributed by atoms with Crippen molar-refractivity contribution in [1.82, 2.24) is 9.97 Å². The lowest BCUT2D eigenvalue weighted by Gasteiger charge is -2.04. The van der Waals surface area contributed by atoms with Crippen molar-refractivity contribution in [2.24, 2.45) is 0 Å². The maximum atomic E-state index is 6.06. The summed E-state index contributed by atoms with van der Waals surface area (Å²) in [5.41, 5.74) is 0.869. The lowest BCUT2D eigenvalue weighted by molar-refractivity contribution is 0.965. The first kappa shape index (κ1) is 11.4. The molecule has 0 saturated heterocycles. The van der Waals surface area contributed by atoms with Crippen LogP contribution in [0.1, 0.15) is 13.3 Å². The number of thiophene rings is 1. The molecular formula is C11H12ClN3S. The molecule has 0 aliphatic carbocycles. The van der Waals surface area contributed by atoms with Crippen LogP contribution in [-0.2, 0) is 0 Å². The molecule has 0 amide bonds. The molecule has 5 heteroatoms. The van der Waals surface area contributed by atoms with Gasteiger partial charge < -0.3 is 5.32 Å². The first-order valence-electron chi connectivity index (χ1n) is 5.10. The van der Waals surface area contributed by atoms with Crippen LogP contribution in [0.15, 0.2) is 23.8 Å². The highest BCUT2D eigenvalue weighted by Gasteiger charge is 2.07. The Labute approximate surface area is 104 Å². The Bertz CT molecular complexity index is 470. The van der Waals surface area contributed by atoms with Crippen molar-refractivity contribution in [3.63, 3.8) is 0 Å². The molecule has 2 aromatic rings. The Kier molecular flexibility index (Phi) is 3.74. The fraction of sp³-hybridized carbons (Fsp3) is 0.273. The van der Waals surface area contributed by atoms with Crippen LogP contribution >= 0.6 is 22.9 Å². The van der Waals surface area contributed by atoms with Crippen molar-refractivity contribution in [3.8, 4) is 10.6 Å². The number of nitrogens with one attached hydrogen (secondary N) is 1. The third-order valence-corrected chi connectivity index (χ3v) is 3.44. The summed E-state index contributed by atoms with van der Waals surface area (Å²) < 4.78 is 0. The van der Waals surface area contributed by atoms with Crippen molar-refractivity contribution < 1.29 is 0 Å². The normalized spacial score (nSPS) is 10.4. The molecule has 3 nitrogen and oxygen atoms in total. The van der Waals surface area contributed by atoms with E-state index in [0.717, 1.165) is 34.4 Å². The molecule has 2 rings (SSSR count). The van der Waals surface area contributed by atoms with Gasteiger partial charge in [0.25, 0.3) is 0 Å². The second kappa shape index (κ2) is 5.27. The van der Waals surface area contributed by atoms with Crippen LogP contribution < -0.4 is 5.32 Å². The zero-order valence-electron chi connectivity index (χ0n) is 8.90. The standard InChI is InChI=1S/C11H12ClN3S/c1-2-4-13-10-6-9(14-7-15-10)11-8(12)3-5-16-11/h3,5-7H,2,4H2,1H3,(H,13,14,15). The summed E-state index contributed by atoms with van der Waals surface area (Å²) in [6.07, 6.45) is 2.63. The number of halogens is 1. The number of nitrogens with zero attached hydrogens (tertiary/aromatic N) is 2. The van der Waals surface area contributed by atoms with E-state index < -0.39 is 0 Å². The third-order valence-electron chi connectivity index (χ3n) is 2.07. The summed E-state index contributed by atoms with van der Waals surface area (Å²) in [4.78, 5) is 9.37. The largest absolute Gasteiger partial charge is 0.370 e. The second-order valence-electron chi connectivity index (χ2n) is 3.31. The monoisotopic (exact) mass is 253 g/mol. The fourth-order valence-electron chi connectivity index (χ4n) is 1.31. The maximum Gasteiger partial charge on any atom is 0.129 e. The maximum absolute atomic E-state index is 6.06. The fourth-order valence-corrected chi connectivity index (χ4v) is 2.43. The van der Waals surface area contributed by atoms with Gasteiger partial charge in [-0.1, -0.05) is 18.5 Å². The first-order chi connectivity index (χ1) is 7.81. The van der Waals surface area contributed by atoms with E-state index in [9.17, 15) is 0 Å². The van der Waals surface area contributed by atoms with Gasteiger partial charge >= 0.3 is 0 Å². The van der Waals surface area contributed by atoms with Gasteiger partial charge in [-0.2, -0.15) is 0 Å². The summed E-state index contributed by atoms with van der Waals surface area (Å²) in [5, 5.41) is 5.92. The number of hydrogen-bond acceptors (Lipinski definition) is 4. The third kappa shape index (κ3) is 2.51. The molecule has 0 spiro atoms. The number of anilines is 1. The number of hydrogen-bond donors (Lipinski definition) is 1. The smallest absolute Gasteiger partial charge is 0.129 e. The molecule has 0 atom stereocenters. The highest BCUT2D eigenvalue weighted by Crippen LogP contribution is 2.32. The lowest BCUT2D eigenvalue weighted by Crippen LogP contribution is -2.02. The van der Waals surface area contributed by atoms with Gasteiger partial charge in [-0.3, -0.25) is 0 Å². The molecule has 0 aliphatic heterocycles. The minimum absolute atomic E-state index is 0.741. The van der Waals surface area contributed by atoms with E-state index in [2.05, 4.69) is 22.2 Å². The summed E-state index contributed by atoms with van der Waals surface area (Å²) in [6.45, 7) is 3.03. The van der Waals surface area contributed by atoms with Gasteiger partial charge in [0.2, 0.25) is 0 Å². The van der Waals surface area contributed by atoms with Gasteiger partial charge in [0.05, 0.1) is 15.6 Å². The Morgan fingerprint density at radius 2 is 2.31 bits per heavy atom. The molecule has 2 aromatic heterocycles. The summed E-state index contributed by atoms with van der Waals surface area (Å²) in [7, 11) is 0. The number of rotatable bonds is 4. The van der Waals surface area contributed by atoms with Gasteiger partial charge in [-0.25, -0.2) is 9.97 Å². The molecule has 0 aromatic carbocycles. The molecule has 0 radical (unpaired) electrons. The number of aromatic nitrogens is 2. The Balaban J connectivity index is 2.26.